The van der Waals surface area contributed by atoms with Crippen LogP contribution in [0.25, 0.3) is 0 Å². The quantitative estimate of drug-likeness (QED) is 0.0262. The lowest BCUT2D eigenvalue weighted by Crippen LogP contribution is -2.30. The van der Waals surface area contributed by atoms with E-state index in [-0.39, 0.29) is 31.1 Å². The van der Waals surface area contributed by atoms with E-state index in [0.717, 1.165) is 64.2 Å². The van der Waals surface area contributed by atoms with E-state index >= 15 is 0 Å². The van der Waals surface area contributed by atoms with Gasteiger partial charge in [-0.15, -0.1) is 0 Å². The Morgan fingerprint density at radius 2 is 0.532 bits per heavy atom. The van der Waals surface area contributed by atoms with Gasteiger partial charge >= 0.3 is 17.9 Å². The summed E-state index contributed by atoms with van der Waals surface area (Å²) in [6.45, 7) is 6.67. The number of unbranched alkanes of at least 4 members (excludes halogenated alkanes) is 38. The number of hydrogen-bond donors (Lipinski definition) is 0. The van der Waals surface area contributed by atoms with E-state index in [1.54, 1.807) is 0 Å². The third-order valence-electron chi connectivity index (χ3n) is 12.5. The Bertz CT molecular complexity index is 962. The van der Waals surface area contributed by atoms with Gasteiger partial charge in [-0.05, 0) is 44.9 Å². The van der Waals surface area contributed by atoms with E-state index in [1.807, 2.05) is 0 Å². The molecule has 0 saturated heterocycles. The van der Waals surface area contributed by atoms with E-state index < -0.39 is 6.10 Å². The maximum atomic E-state index is 12.8. The van der Waals surface area contributed by atoms with E-state index in [9.17, 15) is 14.4 Å². The van der Waals surface area contributed by atoms with Crippen LogP contribution in [0, 0.1) is 0 Å². The summed E-state index contributed by atoms with van der Waals surface area (Å²) in [7, 11) is 0. The highest BCUT2D eigenvalue weighted by Gasteiger charge is 2.19. The molecule has 0 bridgehead atoms. The Morgan fingerprint density at radius 1 is 0.306 bits per heavy atom. The second-order valence-corrected chi connectivity index (χ2v) is 18.9. The van der Waals surface area contributed by atoms with Crippen molar-refractivity contribution in [2.75, 3.05) is 13.2 Å². The van der Waals surface area contributed by atoms with Gasteiger partial charge in [0.2, 0.25) is 0 Å². The molecule has 0 aliphatic carbocycles. The average Bonchev–Trinajstić information content (AvgIpc) is 3.27. The molecule has 0 aromatic rings. The van der Waals surface area contributed by atoms with Gasteiger partial charge in [-0.3, -0.25) is 14.4 Å². The lowest BCUT2D eigenvalue weighted by atomic mass is 10.0. The van der Waals surface area contributed by atoms with Gasteiger partial charge < -0.3 is 14.2 Å². The average molecular weight is 875 g/mol. The fourth-order valence-electron chi connectivity index (χ4n) is 8.32. The molecule has 0 aliphatic rings. The SMILES string of the molecule is CCCCCCC/C=C\CCCCCCCC(=O)O[C@H](COC(=O)CCCCCCCCCCCCCCC)COC(=O)CCCCCCCCCCCCCCCCCCC. The summed E-state index contributed by atoms with van der Waals surface area (Å²) in [5.41, 5.74) is 0. The number of rotatable bonds is 51. The number of carbonyl (C=O) groups is 3. The molecule has 0 N–H and O–H groups in total. The molecule has 0 amide bonds. The Balaban J connectivity index is 4.31. The van der Waals surface area contributed by atoms with Gasteiger partial charge in [0.25, 0.3) is 0 Å². The predicted molar refractivity (Wildman–Crippen MR) is 266 cm³/mol. The van der Waals surface area contributed by atoms with Crippen LogP contribution in [-0.4, -0.2) is 37.2 Å². The smallest absolute Gasteiger partial charge is 0.306 e. The number of ether oxygens (including phenoxy) is 3. The molecule has 62 heavy (non-hydrogen) atoms. The summed E-state index contributed by atoms with van der Waals surface area (Å²) in [5, 5.41) is 0. The van der Waals surface area contributed by atoms with E-state index in [1.165, 1.54) is 205 Å². The zero-order valence-electron chi connectivity index (χ0n) is 41.9. The van der Waals surface area contributed by atoms with Gasteiger partial charge in [0, 0.05) is 19.3 Å². The van der Waals surface area contributed by atoms with Crippen LogP contribution in [0.5, 0.6) is 0 Å². The highest BCUT2D eigenvalue weighted by Crippen LogP contribution is 2.17. The van der Waals surface area contributed by atoms with Crippen molar-refractivity contribution in [3.8, 4) is 0 Å². The minimum Gasteiger partial charge on any atom is -0.462 e. The van der Waals surface area contributed by atoms with Crippen molar-refractivity contribution >= 4 is 17.9 Å². The van der Waals surface area contributed by atoms with Gasteiger partial charge in [0.05, 0.1) is 0 Å². The van der Waals surface area contributed by atoms with Crippen molar-refractivity contribution in [1.82, 2.24) is 0 Å². The fraction of sp³-hybridized carbons (Fsp3) is 0.911. The standard InChI is InChI=1S/C56H106O6/c1-4-7-10-13-16-19-22-25-27-28-29-32-34-37-40-43-46-49-55(58)61-52-53(51-60-54(57)48-45-42-39-36-33-30-24-21-18-15-12-9-6-3)62-56(59)50-47-44-41-38-35-31-26-23-20-17-14-11-8-5-2/h23,26,53H,4-22,24-25,27-52H2,1-3H3/b26-23-/t53-/m1/s1. The Morgan fingerprint density at radius 3 is 0.806 bits per heavy atom. The van der Waals surface area contributed by atoms with Gasteiger partial charge in [-0.1, -0.05) is 258 Å². The molecule has 0 rings (SSSR count). The van der Waals surface area contributed by atoms with Crippen molar-refractivity contribution in [2.24, 2.45) is 0 Å². The number of allylic oxidation sites excluding steroid dienone is 2. The molecule has 0 heterocycles. The predicted octanol–water partition coefficient (Wildman–Crippen LogP) is 18.2. The molecule has 0 fully saturated rings. The Labute approximate surface area is 386 Å². The van der Waals surface area contributed by atoms with Crippen LogP contribution in [-0.2, 0) is 28.6 Å². The molecule has 6 nitrogen and oxygen atoms in total. The maximum absolute atomic E-state index is 12.8. The first-order chi connectivity index (χ1) is 30.5. The van der Waals surface area contributed by atoms with Crippen molar-refractivity contribution in [2.45, 2.75) is 316 Å². The second kappa shape index (κ2) is 51.8. The minimum absolute atomic E-state index is 0.0676. The fourth-order valence-corrected chi connectivity index (χ4v) is 8.32. The van der Waals surface area contributed by atoms with Crippen LogP contribution in [0.4, 0.5) is 0 Å². The molecule has 0 saturated carbocycles. The summed E-state index contributed by atoms with van der Waals surface area (Å²) in [5.74, 6) is -0.855. The zero-order valence-corrected chi connectivity index (χ0v) is 41.9. The highest BCUT2D eigenvalue weighted by molar-refractivity contribution is 5.71. The topological polar surface area (TPSA) is 78.9 Å². The second-order valence-electron chi connectivity index (χ2n) is 18.9. The number of carbonyl (C=O) groups excluding carboxylic acids is 3. The normalized spacial score (nSPS) is 12.0. The lowest BCUT2D eigenvalue weighted by Gasteiger charge is -2.18. The van der Waals surface area contributed by atoms with Crippen LogP contribution in [0.2, 0.25) is 0 Å². The molecule has 0 aromatic carbocycles. The summed E-state index contributed by atoms with van der Waals surface area (Å²) < 4.78 is 16.8. The van der Waals surface area contributed by atoms with Gasteiger partial charge in [-0.2, -0.15) is 0 Å². The Kier molecular flexibility index (Phi) is 50.2. The maximum Gasteiger partial charge on any atom is 0.306 e. The van der Waals surface area contributed by atoms with Crippen molar-refractivity contribution in [3.05, 3.63) is 12.2 Å². The number of hydrogen-bond acceptors (Lipinski definition) is 6. The van der Waals surface area contributed by atoms with Crippen LogP contribution < -0.4 is 0 Å². The molecule has 0 radical (unpaired) electrons. The molecule has 0 aromatic heterocycles. The molecular formula is C56H106O6. The summed E-state index contributed by atoms with van der Waals surface area (Å²) in [4.78, 5) is 38.0. The van der Waals surface area contributed by atoms with Gasteiger partial charge in [-0.25, -0.2) is 0 Å². The zero-order chi connectivity index (χ0) is 45.1. The monoisotopic (exact) mass is 875 g/mol. The van der Waals surface area contributed by atoms with E-state index in [2.05, 4.69) is 32.9 Å². The third-order valence-corrected chi connectivity index (χ3v) is 12.5. The lowest BCUT2D eigenvalue weighted by molar-refractivity contribution is -0.167. The van der Waals surface area contributed by atoms with Crippen LogP contribution >= 0.6 is 0 Å². The first-order valence-electron chi connectivity index (χ1n) is 27.7. The summed E-state index contributed by atoms with van der Waals surface area (Å²) >= 11 is 0. The molecule has 0 spiro atoms. The first-order valence-corrected chi connectivity index (χ1v) is 27.7. The highest BCUT2D eigenvalue weighted by atomic mass is 16.6. The van der Waals surface area contributed by atoms with Crippen molar-refractivity contribution in [3.63, 3.8) is 0 Å². The van der Waals surface area contributed by atoms with Crippen LogP contribution in [0.15, 0.2) is 12.2 Å². The molecule has 0 aliphatic heterocycles. The van der Waals surface area contributed by atoms with Crippen LogP contribution in [0.1, 0.15) is 310 Å². The minimum atomic E-state index is -0.768. The summed E-state index contributed by atoms with van der Waals surface area (Å²) in [6.07, 6.45) is 57.6. The molecule has 366 valence electrons. The van der Waals surface area contributed by atoms with Gasteiger partial charge in [0.15, 0.2) is 6.10 Å². The number of esters is 3. The largest absolute Gasteiger partial charge is 0.462 e. The van der Waals surface area contributed by atoms with Crippen LogP contribution in [0.3, 0.4) is 0 Å². The van der Waals surface area contributed by atoms with E-state index in [4.69, 9.17) is 14.2 Å². The molecule has 0 unspecified atom stereocenters. The van der Waals surface area contributed by atoms with Crippen molar-refractivity contribution < 1.29 is 28.6 Å². The third kappa shape index (κ3) is 49.2. The van der Waals surface area contributed by atoms with Crippen molar-refractivity contribution in [1.29, 1.82) is 0 Å². The molecule has 6 heteroatoms. The first kappa shape index (κ1) is 60.2. The molecule has 1 atom stereocenters. The Hall–Kier alpha value is -1.85. The molecular weight excluding hydrogens is 769 g/mol. The summed E-state index contributed by atoms with van der Waals surface area (Å²) in [6, 6.07) is 0. The van der Waals surface area contributed by atoms with E-state index in [0.29, 0.717) is 19.3 Å². The van der Waals surface area contributed by atoms with Gasteiger partial charge in [0.1, 0.15) is 13.2 Å².